The SMILES string of the molecule is C=CC[SiH2]O[Si](C)(C)[O]. The molecule has 2 nitrogen and oxygen atoms in total. The van der Waals surface area contributed by atoms with Crippen LogP contribution < -0.4 is 0 Å². The fourth-order valence-electron chi connectivity index (χ4n) is 0.388. The van der Waals surface area contributed by atoms with E-state index in [0.717, 1.165) is 6.04 Å². The van der Waals surface area contributed by atoms with Gasteiger partial charge in [-0.15, -0.1) is 6.58 Å². The second-order valence-corrected chi connectivity index (χ2v) is 7.27. The van der Waals surface area contributed by atoms with Crippen LogP contribution in [0.1, 0.15) is 0 Å². The first-order valence-electron chi connectivity index (χ1n) is 3.01. The molecule has 53 valence electrons. The zero-order valence-electron chi connectivity index (χ0n) is 6.02. The predicted molar refractivity (Wildman–Crippen MR) is 42.8 cm³/mol. The van der Waals surface area contributed by atoms with E-state index in [-0.39, 0.29) is 0 Å². The van der Waals surface area contributed by atoms with Crippen molar-refractivity contribution < 1.29 is 8.91 Å². The van der Waals surface area contributed by atoms with Gasteiger partial charge in [0.2, 0.25) is 0 Å². The first-order valence-corrected chi connectivity index (χ1v) is 7.41. The highest BCUT2D eigenvalue weighted by Crippen LogP contribution is 1.98. The molecule has 0 heterocycles. The minimum absolute atomic E-state index is 0.562. The molecule has 0 aromatic heterocycles. The lowest BCUT2D eigenvalue weighted by atomic mass is 10.8. The van der Waals surface area contributed by atoms with Gasteiger partial charge >= 0.3 is 8.56 Å². The second-order valence-electron chi connectivity index (χ2n) is 2.33. The Labute approximate surface area is 59.7 Å². The summed E-state index contributed by atoms with van der Waals surface area (Å²) < 4.78 is 5.12. The van der Waals surface area contributed by atoms with Gasteiger partial charge in [0.05, 0.1) is 0 Å². The maximum atomic E-state index is 10.9. The predicted octanol–water partition coefficient (Wildman–Crippen LogP) is 0.823. The molecule has 1 radical (unpaired) electrons. The summed E-state index contributed by atoms with van der Waals surface area (Å²) in [6, 6.07) is 0.915. The van der Waals surface area contributed by atoms with E-state index in [1.54, 1.807) is 13.1 Å². The van der Waals surface area contributed by atoms with Gasteiger partial charge in [-0.1, -0.05) is 6.08 Å². The molecule has 0 aromatic rings. The molecule has 0 aromatic carbocycles. The molecule has 0 aliphatic rings. The van der Waals surface area contributed by atoms with Gasteiger partial charge in [0.1, 0.15) is 0 Å². The molecule has 0 saturated carbocycles. The van der Waals surface area contributed by atoms with Gasteiger partial charge in [0, 0.05) is 0 Å². The Morgan fingerprint density at radius 3 is 2.67 bits per heavy atom. The molecule has 0 saturated heterocycles. The van der Waals surface area contributed by atoms with Gasteiger partial charge in [-0.2, -0.15) is 0 Å². The summed E-state index contributed by atoms with van der Waals surface area (Å²) in [6.07, 6.45) is 1.81. The van der Waals surface area contributed by atoms with Crippen LogP contribution in [0.3, 0.4) is 0 Å². The lowest BCUT2D eigenvalue weighted by molar-refractivity contribution is 0.328. The van der Waals surface area contributed by atoms with E-state index in [9.17, 15) is 4.80 Å². The van der Waals surface area contributed by atoms with Crippen LogP contribution in [0.15, 0.2) is 12.7 Å². The van der Waals surface area contributed by atoms with Crippen LogP contribution in [0.2, 0.25) is 19.1 Å². The molecule has 0 aliphatic carbocycles. The van der Waals surface area contributed by atoms with Gasteiger partial charge in [-0.3, -0.25) is 4.80 Å². The van der Waals surface area contributed by atoms with E-state index in [2.05, 4.69) is 6.58 Å². The molecule has 9 heavy (non-hydrogen) atoms. The smallest absolute Gasteiger partial charge is 0.357 e. The summed E-state index contributed by atoms with van der Waals surface area (Å²) in [4.78, 5) is 10.9. The monoisotopic (exact) mass is 161 g/mol. The molecular formula is C5H13O2Si2. The van der Waals surface area contributed by atoms with E-state index < -0.39 is 18.3 Å². The third-order valence-electron chi connectivity index (χ3n) is 0.772. The Balaban J connectivity index is 3.17. The van der Waals surface area contributed by atoms with E-state index in [1.165, 1.54) is 0 Å². The molecule has 0 rings (SSSR count). The van der Waals surface area contributed by atoms with Crippen LogP contribution >= 0.6 is 0 Å². The van der Waals surface area contributed by atoms with E-state index in [0.29, 0.717) is 0 Å². The topological polar surface area (TPSA) is 29.1 Å². The number of allylic oxidation sites excluding steroid dienone is 1. The first-order chi connectivity index (χ1) is 4.06. The minimum Gasteiger partial charge on any atom is -0.440 e. The van der Waals surface area contributed by atoms with Crippen molar-refractivity contribution in [3.8, 4) is 0 Å². The molecular weight excluding hydrogens is 148 g/mol. The van der Waals surface area contributed by atoms with Crippen molar-refractivity contribution in [3.63, 3.8) is 0 Å². The molecule has 0 amide bonds. The summed E-state index contributed by atoms with van der Waals surface area (Å²) in [5.74, 6) is 0. The maximum absolute atomic E-state index is 10.9. The molecule has 0 fully saturated rings. The molecule has 0 N–H and O–H groups in total. The highest BCUT2D eigenvalue weighted by molar-refractivity contribution is 6.67. The molecule has 0 bridgehead atoms. The highest BCUT2D eigenvalue weighted by atomic mass is 28.4. The Kier molecular flexibility index (Phi) is 4.04. The van der Waals surface area contributed by atoms with Crippen molar-refractivity contribution in [2.24, 2.45) is 0 Å². The second kappa shape index (κ2) is 4.00. The van der Waals surface area contributed by atoms with Gasteiger partial charge in [0.15, 0.2) is 9.76 Å². The Hall–Kier alpha value is 0.0938. The summed E-state index contributed by atoms with van der Waals surface area (Å²) in [7, 11) is -2.99. The van der Waals surface area contributed by atoms with Gasteiger partial charge in [0.25, 0.3) is 0 Å². The van der Waals surface area contributed by atoms with Crippen LogP contribution in [0.5, 0.6) is 0 Å². The van der Waals surface area contributed by atoms with Gasteiger partial charge < -0.3 is 4.12 Å². The normalized spacial score (nSPS) is 12.8. The lowest BCUT2D eigenvalue weighted by Gasteiger charge is -2.10. The van der Waals surface area contributed by atoms with Gasteiger partial charge in [-0.05, 0) is 19.1 Å². The summed E-state index contributed by atoms with van der Waals surface area (Å²) in [6.45, 7) is 6.89. The van der Waals surface area contributed by atoms with Crippen LogP contribution in [0, 0.1) is 0 Å². The Morgan fingerprint density at radius 1 is 1.78 bits per heavy atom. The quantitative estimate of drug-likeness (QED) is 0.341. The standard InChI is InChI=1S/C5H13O2Si2/c1-4-5-8-7-9(2,3)6/h4H,1,5,8H2,2-3H3. The average Bonchev–Trinajstić information content (AvgIpc) is 1.63. The summed E-state index contributed by atoms with van der Waals surface area (Å²) >= 11 is 0. The van der Waals surface area contributed by atoms with E-state index >= 15 is 0 Å². The van der Waals surface area contributed by atoms with Crippen LogP contribution in [0.25, 0.3) is 0 Å². The van der Waals surface area contributed by atoms with E-state index in [4.69, 9.17) is 4.12 Å². The van der Waals surface area contributed by atoms with Crippen molar-refractivity contribution in [1.29, 1.82) is 0 Å². The summed E-state index contributed by atoms with van der Waals surface area (Å²) in [5, 5.41) is 0. The minimum atomic E-state index is -2.43. The van der Waals surface area contributed by atoms with Crippen molar-refractivity contribution in [3.05, 3.63) is 12.7 Å². The fraction of sp³-hybridized carbons (Fsp3) is 0.600. The van der Waals surface area contributed by atoms with Crippen molar-refractivity contribution in [2.45, 2.75) is 19.1 Å². The molecule has 0 spiro atoms. The molecule has 0 atom stereocenters. The molecule has 4 heteroatoms. The third kappa shape index (κ3) is 8.09. The zero-order chi connectivity index (χ0) is 7.33. The maximum Gasteiger partial charge on any atom is 0.357 e. The number of hydrogen-bond acceptors (Lipinski definition) is 1. The van der Waals surface area contributed by atoms with Crippen LogP contribution in [-0.2, 0) is 8.91 Å². The van der Waals surface area contributed by atoms with Crippen molar-refractivity contribution in [1.82, 2.24) is 0 Å². The average molecular weight is 161 g/mol. The van der Waals surface area contributed by atoms with Crippen LogP contribution in [0.4, 0.5) is 0 Å². The Morgan fingerprint density at radius 2 is 2.33 bits per heavy atom. The van der Waals surface area contributed by atoms with Crippen molar-refractivity contribution in [2.75, 3.05) is 0 Å². The lowest BCUT2D eigenvalue weighted by Crippen LogP contribution is -2.29. The third-order valence-corrected chi connectivity index (χ3v) is 5.01. The van der Waals surface area contributed by atoms with E-state index in [1.807, 2.05) is 6.08 Å². The van der Waals surface area contributed by atoms with Crippen molar-refractivity contribution >= 4 is 18.3 Å². The summed E-state index contributed by atoms with van der Waals surface area (Å²) in [5.41, 5.74) is 0. The largest absolute Gasteiger partial charge is 0.440 e. The first kappa shape index (κ1) is 9.09. The molecule has 0 aliphatic heterocycles. The van der Waals surface area contributed by atoms with Gasteiger partial charge in [-0.25, -0.2) is 0 Å². The zero-order valence-corrected chi connectivity index (χ0v) is 8.43. The number of hydrogen-bond donors (Lipinski definition) is 0. The molecule has 0 unspecified atom stereocenters. The van der Waals surface area contributed by atoms with Crippen LogP contribution in [-0.4, -0.2) is 18.3 Å². The number of rotatable bonds is 4. The Bertz CT molecular complexity index is 87.4. The fourth-order valence-corrected chi connectivity index (χ4v) is 2.99. The highest BCUT2D eigenvalue weighted by Gasteiger charge is 2.19.